The molecular formula is C35H51N5O7S. The van der Waals surface area contributed by atoms with E-state index in [9.17, 15) is 29.1 Å². The molecule has 4 rings (SSSR count). The van der Waals surface area contributed by atoms with Gasteiger partial charge in [-0.25, -0.2) is 4.79 Å². The summed E-state index contributed by atoms with van der Waals surface area (Å²) in [7, 11) is 3.56. The fourth-order valence-electron chi connectivity index (χ4n) is 5.86. The van der Waals surface area contributed by atoms with Gasteiger partial charge in [0, 0.05) is 36.9 Å². The van der Waals surface area contributed by atoms with E-state index in [4.69, 9.17) is 4.74 Å². The van der Waals surface area contributed by atoms with E-state index in [-0.39, 0.29) is 29.7 Å². The van der Waals surface area contributed by atoms with Crippen LogP contribution in [0.4, 0.5) is 0 Å². The monoisotopic (exact) mass is 685 g/mol. The van der Waals surface area contributed by atoms with Crippen LogP contribution in [0.25, 0.3) is 10.9 Å². The molecule has 4 amide bonds. The minimum Gasteiger partial charge on any atom is -0.477 e. The zero-order chi connectivity index (χ0) is 35.3. The summed E-state index contributed by atoms with van der Waals surface area (Å²) in [6.07, 6.45) is 10.1. The highest BCUT2D eigenvalue weighted by molar-refractivity contribution is 7.98. The van der Waals surface area contributed by atoms with Crippen LogP contribution in [-0.2, 0) is 37.4 Å². The lowest BCUT2D eigenvalue weighted by Gasteiger charge is -2.26. The molecule has 12 nitrogen and oxygen atoms in total. The summed E-state index contributed by atoms with van der Waals surface area (Å²) in [6.45, 7) is 9.20. The van der Waals surface area contributed by atoms with Crippen LogP contribution in [0.5, 0.6) is 0 Å². The molecule has 264 valence electrons. The highest BCUT2D eigenvalue weighted by atomic mass is 32.2. The van der Waals surface area contributed by atoms with E-state index in [0.717, 1.165) is 56.0 Å². The highest BCUT2D eigenvalue weighted by Gasteiger charge is 2.35. The molecule has 2 fully saturated rings. The Morgan fingerprint density at radius 3 is 2.58 bits per heavy atom. The second-order valence-corrected chi connectivity index (χ2v) is 14.3. The number of hydrogen-bond acceptors (Lipinski definition) is 7. The van der Waals surface area contributed by atoms with Crippen LogP contribution in [0.1, 0.15) is 81.3 Å². The van der Waals surface area contributed by atoms with Gasteiger partial charge in [0.05, 0.1) is 13.2 Å². The number of carbonyl (C=O) groups is 5. The van der Waals surface area contributed by atoms with Crippen LogP contribution in [0.2, 0.25) is 0 Å². The molecule has 2 unspecified atom stereocenters. The number of carboxylic acid groups (broad SMARTS) is 1. The molecule has 0 spiro atoms. The zero-order valence-corrected chi connectivity index (χ0v) is 29.4. The van der Waals surface area contributed by atoms with Gasteiger partial charge in [0.15, 0.2) is 0 Å². The number of carbonyl (C=O) groups excluding carboxylic acids is 4. The maximum absolute atomic E-state index is 12.6. The topological polar surface area (TPSA) is 159 Å². The van der Waals surface area contributed by atoms with Gasteiger partial charge < -0.3 is 29.9 Å². The quantitative estimate of drug-likeness (QED) is 0.0794. The molecule has 13 heteroatoms. The Kier molecular flexibility index (Phi) is 15.0. The van der Waals surface area contributed by atoms with Crippen molar-refractivity contribution >= 4 is 53.0 Å². The first kappa shape index (κ1) is 38.6. The van der Waals surface area contributed by atoms with Crippen molar-refractivity contribution in [2.24, 2.45) is 12.5 Å². The summed E-state index contributed by atoms with van der Waals surface area (Å²) in [5.41, 5.74) is 2.77. The number of methoxy groups -OCH3 is 1. The second-order valence-electron chi connectivity index (χ2n) is 13.2. The standard InChI is InChI=1S/C19H27NO3.C16H24N4O4S/c1-19(2,13-23-4)11-6-5-8-14-9-7-10-16-15(14)12-17(18(21)22)20(16)3;1-2-4-12(15(23)19-25-11-6-7-11)18-16(24)13-5-3-8-20(13)14(22)9-17-10-21/h7,9-10,12H,5-6,8,11,13H2,1-4H3,(H,21,22);2,10-13H,1,3-9H2,(H,17,21)(H,18,24)(H,19,23). The lowest BCUT2D eigenvalue weighted by atomic mass is 9.87. The van der Waals surface area contributed by atoms with Crippen LogP contribution in [-0.4, -0.2) is 88.8 Å². The second kappa shape index (κ2) is 18.6. The van der Waals surface area contributed by atoms with E-state index < -0.39 is 18.1 Å². The first-order valence-electron chi connectivity index (χ1n) is 16.5. The molecule has 1 saturated heterocycles. The molecule has 2 aromatic rings. The third kappa shape index (κ3) is 11.4. The number of aromatic nitrogens is 1. The van der Waals surface area contributed by atoms with Crippen molar-refractivity contribution in [1.82, 2.24) is 24.8 Å². The molecule has 1 aliphatic heterocycles. The predicted octanol–water partition coefficient (Wildman–Crippen LogP) is 3.97. The Morgan fingerprint density at radius 2 is 1.94 bits per heavy atom. The van der Waals surface area contributed by atoms with E-state index in [1.165, 1.54) is 22.4 Å². The lowest BCUT2D eigenvalue weighted by Crippen LogP contribution is -2.53. The summed E-state index contributed by atoms with van der Waals surface area (Å²) >= 11 is 1.39. The molecule has 2 heterocycles. The number of aromatic carboxylic acids is 1. The van der Waals surface area contributed by atoms with Crippen LogP contribution >= 0.6 is 11.9 Å². The van der Waals surface area contributed by atoms with E-state index in [2.05, 4.69) is 41.8 Å². The van der Waals surface area contributed by atoms with Crippen LogP contribution in [0.3, 0.4) is 0 Å². The van der Waals surface area contributed by atoms with Crippen LogP contribution in [0.15, 0.2) is 36.9 Å². The Hall–Kier alpha value is -3.84. The van der Waals surface area contributed by atoms with Crippen molar-refractivity contribution in [3.63, 3.8) is 0 Å². The normalized spacial score (nSPS) is 16.4. The number of amides is 4. The maximum atomic E-state index is 12.6. The molecule has 2 aliphatic rings. The third-order valence-electron chi connectivity index (χ3n) is 8.58. The van der Waals surface area contributed by atoms with E-state index in [1.807, 2.05) is 19.2 Å². The minimum absolute atomic E-state index is 0.137. The van der Waals surface area contributed by atoms with Crippen LogP contribution in [0, 0.1) is 5.41 Å². The van der Waals surface area contributed by atoms with Gasteiger partial charge in [-0.3, -0.25) is 23.9 Å². The first-order valence-corrected chi connectivity index (χ1v) is 17.4. The number of nitrogens with zero attached hydrogens (tertiary/aromatic N) is 2. The number of unbranched alkanes of at least 4 members (excludes halogenated alkanes) is 1. The van der Waals surface area contributed by atoms with Crippen molar-refractivity contribution in [2.45, 2.75) is 89.0 Å². The maximum Gasteiger partial charge on any atom is 0.352 e. The van der Waals surface area contributed by atoms with Gasteiger partial charge in [-0.15, -0.1) is 6.58 Å². The van der Waals surface area contributed by atoms with Gasteiger partial charge in [0.1, 0.15) is 17.8 Å². The molecule has 1 aromatic carbocycles. The van der Waals surface area contributed by atoms with Gasteiger partial charge in [0.25, 0.3) is 5.91 Å². The summed E-state index contributed by atoms with van der Waals surface area (Å²) in [4.78, 5) is 60.0. The van der Waals surface area contributed by atoms with Gasteiger partial charge in [-0.2, -0.15) is 0 Å². The summed E-state index contributed by atoms with van der Waals surface area (Å²) in [6, 6.07) is 6.57. The SMILES string of the molecule is C=CCC(NC(=O)C1CCCN1C(=O)CNC=O)C(=O)NSC1CC1.COCC(C)(C)CCCCc1cccc2c1cc(C(=O)O)n2C. The van der Waals surface area contributed by atoms with Gasteiger partial charge >= 0.3 is 5.97 Å². The summed E-state index contributed by atoms with van der Waals surface area (Å²) < 4.78 is 9.79. The molecule has 1 aromatic heterocycles. The predicted molar refractivity (Wildman–Crippen MR) is 187 cm³/mol. The fraction of sp³-hybridized carbons (Fsp3) is 0.571. The van der Waals surface area contributed by atoms with E-state index >= 15 is 0 Å². The molecule has 48 heavy (non-hydrogen) atoms. The number of carboxylic acids is 1. The van der Waals surface area contributed by atoms with E-state index in [0.29, 0.717) is 43.2 Å². The molecule has 1 aliphatic carbocycles. The number of likely N-dealkylation sites (tertiary alicyclic amines) is 1. The van der Waals surface area contributed by atoms with Gasteiger partial charge in [-0.05, 0) is 86.4 Å². The number of fused-ring (bicyclic) bond motifs is 1. The number of hydrogen-bond donors (Lipinski definition) is 4. The number of aryl methyl sites for hydroxylation is 2. The molecule has 2 atom stereocenters. The Bertz CT molecular complexity index is 1440. The Morgan fingerprint density at radius 1 is 1.19 bits per heavy atom. The number of nitrogens with one attached hydrogen (secondary N) is 3. The lowest BCUT2D eigenvalue weighted by molar-refractivity contribution is -0.139. The van der Waals surface area contributed by atoms with E-state index in [1.54, 1.807) is 23.8 Å². The number of rotatable bonds is 18. The van der Waals surface area contributed by atoms with Crippen molar-refractivity contribution in [2.75, 3.05) is 26.8 Å². The molecule has 4 N–H and O–H groups in total. The smallest absolute Gasteiger partial charge is 0.352 e. The largest absolute Gasteiger partial charge is 0.477 e. The van der Waals surface area contributed by atoms with Crippen LogP contribution < -0.4 is 15.4 Å². The van der Waals surface area contributed by atoms with Gasteiger partial charge in [0.2, 0.25) is 18.2 Å². The average Bonchev–Trinajstić information content (AvgIpc) is 3.63. The third-order valence-corrected chi connectivity index (χ3v) is 9.70. The summed E-state index contributed by atoms with van der Waals surface area (Å²) in [5.74, 6) is -1.80. The number of benzene rings is 1. The molecule has 0 radical (unpaired) electrons. The zero-order valence-electron chi connectivity index (χ0n) is 28.6. The Balaban J connectivity index is 0.000000261. The molecular weight excluding hydrogens is 634 g/mol. The van der Waals surface area contributed by atoms with Crippen molar-refractivity contribution in [1.29, 1.82) is 0 Å². The first-order chi connectivity index (χ1) is 22.9. The van der Waals surface area contributed by atoms with Crippen molar-refractivity contribution in [3.8, 4) is 0 Å². The van der Waals surface area contributed by atoms with Crippen molar-refractivity contribution < 1.29 is 33.8 Å². The Labute approximate surface area is 287 Å². The summed E-state index contributed by atoms with van der Waals surface area (Å²) in [5, 5.41) is 15.8. The molecule has 0 bridgehead atoms. The molecule has 1 saturated carbocycles. The fourth-order valence-corrected chi connectivity index (χ4v) is 6.66. The van der Waals surface area contributed by atoms with Crippen molar-refractivity contribution in [3.05, 3.63) is 48.2 Å². The minimum atomic E-state index is -0.879. The highest BCUT2D eigenvalue weighted by Crippen LogP contribution is 2.32. The number of ether oxygens (including phenoxy) is 1. The van der Waals surface area contributed by atoms with Gasteiger partial charge in [-0.1, -0.05) is 38.5 Å². The average molecular weight is 686 g/mol.